The molecular formula is C10H13BrN4. The van der Waals surface area contributed by atoms with E-state index in [0.717, 1.165) is 41.4 Å². The molecule has 0 saturated carbocycles. The van der Waals surface area contributed by atoms with Gasteiger partial charge in [0.05, 0.1) is 6.54 Å². The smallest absolute Gasteiger partial charge is 0.114 e. The molecule has 4 nitrogen and oxygen atoms in total. The van der Waals surface area contributed by atoms with Crippen molar-refractivity contribution in [1.82, 2.24) is 15.0 Å². The van der Waals surface area contributed by atoms with E-state index < -0.39 is 0 Å². The van der Waals surface area contributed by atoms with Crippen molar-refractivity contribution in [2.24, 2.45) is 5.73 Å². The molecule has 0 bridgehead atoms. The van der Waals surface area contributed by atoms with Crippen LogP contribution in [0.1, 0.15) is 12.8 Å². The van der Waals surface area contributed by atoms with E-state index in [1.165, 1.54) is 0 Å². The summed E-state index contributed by atoms with van der Waals surface area (Å²) in [4.78, 5) is 1.74. The van der Waals surface area contributed by atoms with Crippen molar-refractivity contribution < 1.29 is 0 Å². The van der Waals surface area contributed by atoms with Crippen molar-refractivity contribution in [2.75, 3.05) is 6.54 Å². The Hall–Kier alpha value is -0.940. The molecule has 2 rings (SSSR count). The van der Waals surface area contributed by atoms with Crippen LogP contribution in [-0.2, 0) is 6.54 Å². The van der Waals surface area contributed by atoms with E-state index in [9.17, 15) is 0 Å². The lowest BCUT2D eigenvalue weighted by Gasteiger charge is -1.96. The van der Waals surface area contributed by atoms with Crippen LogP contribution in [0.15, 0.2) is 22.7 Å². The van der Waals surface area contributed by atoms with Gasteiger partial charge in [0.1, 0.15) is 11.0 Å². The van der Waals surface area contributed by atoms with Crippen LogP contribution < -0.4 is 5.73 Å². The van der Waals surface area contributed by atoms with E-state index in [0.29, 0.717) is 0 Å². The fourth-order valence-corrected chi connectivity index (χ4v) is 1.78. The maximum atomic E-state index is 5.43. The number of unbranched alkanes of at least 4 members (excludes halogenated alkanes) is 1. The Morgan fingerprint density at radius 3 is 2.80 bits per heavy atom. The molecule has 0 unspecified atom stereocenters. The minimum absolute atomic E-state index is 0.729. The molecule has 0 atom stereocenters. The first-order chi connectivity index (χ1) is 7.29. The number of nitrogens with two attached hydrogens (primary N) is 1. The summed E-state index contributed by atoms with van der Waals surface area (Å²) in [5.74, 6) is 0. The van der Waals surface area contributed by atoms with Gasteiger partial charge in [0.15, 0.2) is 0 Å². The normalized spacial score (nSPS) is 11.1. The summed E-state index contributed by atoms with van der Waals surface area (Å²) in [7, 11) is 0. The zero-order valence-electron chi connectivity index (χ0n) is 8.36. The molecule has 1 aromatic carbocycles. The van der Waals surface area contributed by atoms with Crippen LogP contribution in [0, 0.1) is 0 Å². The van der Waals surface area contributed by atoms with Crippen LogP contribution in [-0.4, -0.2) is 21.5 Å². The third-order valence-corrected chi connectivity index (χ3v) is 2.69. The number of fused-ring (bicyclic) bond motifs is 1. The van der Waals surface area contributed by atoms with Gasteiger partial charge in [0.2, 0.25) is 0 Å². The number of aryl methyl sites for hydroxylation is 1. The molecule has 1 heterocycles. The third kappa shape index (κ3) is 2.54. The molecule has 15 heavy (non-hydrogen) atoms. The van der Waals surface area contributed by atoms with E-state index in [-0.39, 0.29) is 0 Å². The van der Waals surface area contributed by atoms with Crippen LogP contribution in [0.5, 0.6) is 0 Å². The second-order valence-corrected chi connectivity index (χ2v) is 4.34. The van der Waals surface area contributed by atoms with Crippen LogP contribution in [0.2, 0.25) is 0 Å². The quantitative estimate of drug-likeness (QED) is 0.863. The SMILES string of the molecule is NCCCCn1nc2ccc(Br)cc2n1. The molecule has 0 aliphatic heterocycles. The lowest BCUT2D eigenvalue weighted by atomic mass is 10.3. The highest BCUT2D eigenvalue weighted by molar-refractivity contribution is 9.10. The second-order valence-electron chi connectivity index (χ2n) is 3.42. The predicted molar refractivity (Wildman–Crippen MR) is 63.5 cm³/mol. The topological polar surface area (TPSA) is 56.7 Å². The maximum Gasteiger partial charge on any atom is 0.114 e. The lowest BCUT2D eigenvalue weighted by Crippen LogP contribution is -2.05. The molecule has 2 aromatic rings. The number of hydrogen-bond donors (Lipinski definition) is 1. The molecule has 0 aliphatic rings. The molecule has 1 aromatic heterocycles. The molecule has 0 radical (unpaired) electrons. The summed E-state index contributed by atoms with van der Waals surface area (Å²) in [6.07, 6.45) is 2.04. The van der Waals surface area contributed by atoms with Gasteiger partial charge in [-0.25, -0.2) is 0 Å². The van der Waals surface area contributed by atoms with Gasteiger partial charge in [-0.1, -0.05) is 15.9 Å². The molecular weight excluding hydrogens is 256 g/mol. The highest BCUT2D eigenvalue weighted by Crippen LogP contribution is 2.16. The average Bonchev–Trinajstić information content (AvgIpc) is 2.60. The fraction of sp³-hybridized carbons (Fsp3) is 0.400. The fourth-order valence-electron chi connectivity index (χ4n) is 1.43. The molecule has 0 fully saturated rings. The zero-order chi connectivity index (χ0) is 10.7. The minimum Gasteiger partial charge on any atom is -0.330 e. The average molecular weight is 269 g/mol. The Morgan fingerprint density at radius 1 is 1.20 bits per heavy atom. The Bertz CT molecular complexity index is 452. The van der Waals surface area contributed by atoms with E-state index in [4.69, 9.17) is 5.73 Å². The Labute approximate surface area is 96.6 Å². The van der Waals surface area contributed by atoms with Crippen molar-refractivity contribution in [3.63, 3.8) is 0 Å². The zero-order valence-corrected chi connectivity index (χ0v) is 9.94. The number of benzene rings is 1. The number of rotatable bonds is 4. The van der Waals surface area contributed by atoms with Crippen molar-refractivity contribution >= 4 is 27.0 Å². The second kappa shape index (κ2) is 4.72. The van der Waals surface area contributed by atoms with E-state index in [2.05, 4.69) is 26.1 Å². The Morgan fingerprint density at radius 2 is 2.00 bits per heavy atom. The third-order valence-electron chi connectivity index (χ3n) is 2.20. The summed E-state index contributed by atoms with van der Waals surface area (Å²) in [6, 6.07) is 5.91. The van der Waals surface area contributed by atoms with Crippen LogP contribution in [0.3, 0.4) is 0 Å². The minimum atomic E-state index is 0.729. The van der Waals surface area contributed by atoms with Gasteiger partial charge < -0.3 is 5.73 Å². The highest BCUT2D eigenvalue weighted by Gasteiger charge is 2.02. The van der Waals surface area contributed by atoms with Gasteiger partial charge in [-0.2, -0.15) is 15.0 Å². The van der Waals surface area contributed by atoms with Gasteiger partial charge >= 0.3 is 0 Å². The van der Waals surface area contributed by atoms with Gasteiger partial charge in [0.25, 0.3) is 0 Å². The molecule has 0 aliphatic carbocycles. The van der Waals surface area contributed by atoms with E-state index in [1.807, 2.05) is 18.2 Å². The number of hydrogen-bond acceptors (Lipinski definition) is 3. The Balaban J connectivity index is 2.16. The van der Waals surface area contributed by atoms with Crippen molar-refractivity contribution in [3.8, 4) is 0 Å². The molecule has 0 spiro atoms. The summed E-state index contributed by atoms with van der Waals surface area (Å²) in [5.41, 5.74) is 7.30. The van der Waals surface area contributed by atoms with Crippen molar-refractivity contribution in [3.05, 3.63) is 22.7 Å². The summed E-state index contributed by atoms with van der Waals surface area (Å²) >= 11 is 3.41. The van der Waals surface area contributed by atoms with E-state index >= 15 is 0 Å². The van der Waals surface area contributed by atoms with Gasteiger partial charge in [-0.15, -0.1) is 0 Å². The number of halogens is 1. The van der Waals surface area contributed by atoms with Crippen molar-refractivity contribution in [1.29, 1.82) is 0 Å². The molecule has 80 valence electrons. The summed E-state index contributed by atoms with van der Waals surface area (Å²) in [5, 5.41) is 8.75. The van der Waals surface area contributed by atoms with Crippen LogP contribution in [0.4, 0.5) is 0 Å². The highest BCUT2D eigenvalue weighted by atomic mass is 79.9. The van der Waals surface area contributed by atoms with Crippen LogP contribution in [0.25, 0.3) is 11.0 Å². The maximum absolute atomic E-state index is 5.43. The van der Waals surface area contributed by atoms with Gasteiger partial charge in [-0.3, -0.25) is 0 Å². The number of aromatic nitrogens is 3. The lowest BCUT2D eigenvalue weighted by molar-refractivity contribution is 0.508. The van der Waals surface area contributed by atoms with Crippen molar-refractivity contribution in [2.45, 2.75) is 19.4 Å². The molecule has 2 N–H and O–H groups in total. The largest absolute Gasteiger partial charge is 0.330 e. The predicted octanol–water partition coefficient (Wildman–Crippen LogP) is 1.93. The molecule has 5 heteroatoms. The summed E-state index contributed by atoms with van der Waals surface area (Å²) < 4.78 is 1.03. The first-order valence-corrected chi connectivity index (χ1v) is 5.79. The van der Waals surface area contributed by atoms with Gasteiger partial charge in [0, 0.05) is 4.47 Å². The first-order valence-electron chi connectivity index (χ1n) is 5.00. The van der Waals surface area contributed by atoms with E-state index in [1.54, 1.807) is 4.80 Å². The molecule has 0 saturated heterocycles. The van der Waals surface area contributed by atoms with Crippen LogP contribution >= 0.6 is 15.9 Å². The number of nitrogens with zero attached hydrogens (tertiary/aromatic N) is 3. The monoisotopic (exact) mass is 268 g/mol. The first kappa shape index (κ1) is 10.6. The standard InChI is InChI=1S/C10H13BrN4/c11-8-3-4-9-10(7-8)14-15(13-9)6-2-1-5-12/h3-4,7H,1-2,5-6,12H2. The summed E-state index contributed by atoms with van der Waals surface area (Å²) in [6.45, 7) is 1.57. The Kier molecular flexibility index (Phi) is 3.33. The molecule has 0 amide bonds. The van der Waals surface area contributed by atoms with Gasteiger partial charge in [-0.05, 0) is 37.6 Å².